The summed E-state index contributed by atoms with van der Waals surface area (Å²) in [5.74, 6) is 0.814. The first-order valence-corrected chi connectivity index (χ1v) is 9.61. The molecule has 0 atom stereocenters. The lowest BCUT2D eigenvalue weighted by molar-refractivity contribution is 0.250. The smallest absolute Gasteiger partial charge is 0.159 e. The monoisotopic (exact) mass is 358 g/mol. The summed E-state index contributed by atoms with van der Waals surface area (Å²) in [5, 5.41) is 0. The van der Waals surface area contributed by atoms with Gasteiger partial charge in [0.25, 0.3) is 0 Å². The van der Waals surface area contributed by atoms with E-state index in [1.807, 2.05) is 20.0 Å². The van der Waals surface area contributed by atoms with Crippen molar-refractivity contribution in [2.24, 2.45) is 0 Å². The summed E-state index contributed by atoms with van der Waals surface area (Å²) in [4.78, 5) is 14.1. The molecule has 0 N–H and O–H groups in total. The molecule has 4 nitrogen and oxygen atoms in total. The first kappa shape index (κ1) is 17.7. The Morgan fingerprint density at radius 3 is 2.41 bits per heavy atom. The standard InChI is InChI=1S/C23H26N4/c1-18-16-24-23(25-19(18)2)21-8-6-7-20(15-21)17-26-11-13-27(14-12-26)22-9-4-3-5-10-22/h3-10,15-16H,11-14,17H2,1-2H3. The third kappa shape index (κ3) is 4.17. The van der Waals surface area contributed by atoms with Crippen LogP contribution in [-0.4, -0.2) is 41.0 Å². The number of hydrogen-bond donors (Lipinski definition) is 0. The molecule has 0 bridgehead atoms. The van der Waals surface area contributed by atoms with Gasteiger partial charge in [-0.15, -0.1) is 0 Å². The number of aromatic nitrogens is 2. The van der Waals surface area contributed by atoms with Gasteiger partial charge < -0.3 is 4.90 Å². The van der Waals surface area contributed by atoms with E-state index in [1.54, 1.807) is 0 Å². The number of piperazine rings is 1. The van der Waals surface area contributed by atoms with Crippen molar-refractivity contribution in [3.05, 3.63) is 77.6 Å². The third-order valence-electron chi connectivity index (χ3n) is 5.31. The molecule has 2 aromatic carbocycles. The average Bonchev–Trinajstić information content (AvgIpc) is 2.71. The highest BCUT2D eigenvalue weighted by atomic mass is 15.3. The quantitative estimate of drug-likeness (QED) is 0.703. The Balaban J connectivity index is 1.41. The molecule has 2 heterocycles. The number of benzene rings is 2. The molecule has 1 aliphatic rings. The molecule has 1 aromatic heterocycles. The van der Waals surface area contributed by atoms with E-state index in [2.05, 4.69) is 74.4 Å². The van der Waals surface area contributed by atoms with E-state index in [4.69, 9.17) is 0 Å². The molecule has 3 aromatic rings. The molecule has 1 saturated heterocycles. The zero-order chi connectivity index (χ0) is 18.6. The summed E-state index contributed by atoms with van der Waals surface area (Å²) in [6.45, 7) is 9.37. The van der Waals surface area contributed by atoms with Crippen LogP contribution in [0.1, 0.15) is 16.8 Å². The Hall–Kier alpha value is -2.72. The van der Waals surface area contributed by atoms with E-state index in [0.29, 0.717) is 0 Å². The van der Waals surface area contributed by atoms with E-state index in [1.165, 1.54) is 11.3 Å². The molecule has 0 unspecified atom stereocenters. The maximum absolute atomic E-state index is 4.64. The van der Waals surface area contributed by atoms with Gasteiger partial charge >= 0.3 is 0 Å². The summed E-state index contributed by atoms with van der Waals surface area (Å²) in [5.41, 5.74) is 5.92. The second-order valence-corrected chi connectivity index (χ2v) is 7.26. The summed E-state index contributed by atoms with van der Waals surface area (Å²) in [7, 11) is 0. The van der Waals surface area contributed by atoms with E-state index >= 15 is 0 Å². The second kappa shape index (κ2) is 7.89. The Labute approximate surface area is 161 Å². The molecule has 0 aliphatic carbocycles. The molecule has 138 valence electrons. The van der Waals surface area contributed by atoms with Gasteiger partial charge in [-0.05, 0) is 43.2 Å². The first-order valence-electron chi connectivity index (χ1n) is 9.61. The zero-order valence-corrected chi connectivity index (χ0v) is 16.1. The van der Waals surface area contributed by atoms with Crippen LogP contribution in [0.3, 0.4) is 0 Å². The lowest BCUT2D eigenvalue weighted by Crippen LogP contribution is -2.45. The Kier molecular flexibility index (Phi) is 5.16. The fraction of sp³-hybridized carbons (Fsp3) is 0.304. The molecule has 1 aliphatic heterocycles. The predicted octanol–water partition coefficient (Wildman–Crippen LogP) is 4.08. The normalized spacial score (nSPS) is 15.1. The molecule has 4 heteroatoms. The highest BCUT2D eigenvalue weighted by molar-refractivity contribution is 5.56. The van der Waals surface area contributed by atoms with E-state index in [-0.39, 0.29) is 0 Å². The molecule has 0 amide bonds. The SMILES string of the molecule is Cc1cnc(-c2cccc(CN3CCN(c4ccccc4)CC3)c2)nc1C. The van der Waals surface area contributed by atoms with Gasteiger partial charge in [0.15, 0.2) is 5.82 Å². The number of hydrogen-bond acceptors (Lipinski definition) is 4. The van der Waals surface area contributed by atoms with Crippen molar-refractivity contribution >= 4 is 5.69 Å². The van der Waals surface area contributed by atoms with Gasteiger partial charge in [-0.25, -0.2) is 9.97 Å². The van der Waals surface area contributed by atoms with Gasteiger partial charge in [-0.2, -0.15) is 0 Å². The lowest BCUT2D eigenvalue weighted by Gasteiger charge is -2.36. The van der Waals surface area contributed by atoms with Crippen LogP contribution in [0.2, 0.25) is 0 Å². The minimum Gasteiger partial charge on any atom is -0.369 e. The van der Waals surface area contributed by atoms with Crippen LogP contribution in [0.15, 0.2) is 60.8 Å². The summed E-state index contributed by atoms with van der Waals surface area (Å²) in [6, 6.07) is 19.3. The van der Waals surface area contributed by atoms with Crippen LogP contribution in [0.5, 0.6) is 0 Å². The summed E-state index contributed by atoms with van der Waals surface area (Å²) in [6.07, 6.45) is 1.91. The lowest BCUT2D eigenvalue weighted by atomic mass is 10.1. The van der Waals surface area contributed by atoms with Gasteiger partial charge in [-0.3, -0.25) is 4.90 Å². The van der Waals surface area contributed by atoms with Crippen LogP contribution >= 0.6 is 0 Å². The van der Waals surface area contributed by atoms with Gasteiger partial charge in [0.2, 0.25) is 0 Å². The van der Waals surface area contributed by atoms with Crippen molar-refractivity contribution in [2.75, 3.05) is 31.1 Å². The molecule has 0 spiro atoms. The largest absolute Gasteiger partial charge is 0.369 e. The highest BCUT2D eigenvalue weighted by Gasteiger charge is 2.17. The number of para-hydroxylation sites is 1. The summed E-state index contributed by atoms with van der Waals surface area (Å²) < 4.78 is 0. The van der Waals surface area contributed by atoms with Crippen LogP contribution in [0.25, 0.3) is 11.4 Å². The second-order valence-electron chi connectivity index (χ2n) is 7.26. The van der Waals surface area contributed by atoms with Gasteiger partial charge in [0, 0.05) is 55.9 Å². The Morgan fingerprint density at radius 2 is 1.67 bits per heavy atom. The number of nitrogens with zero attached hydrogens (tertiary/aromatic N) is 4. The van der Waals surface area contributed by atoms with Gasteiger partial charge in [0.1, 0.15) is 0 Å². The molecular formula is C23H26N4. The maximum atomic E-state index is 4.64. The van der Waals surface area contributed by atoms with Crippen molar-refractivity contribution in [3.63, 3.8) is 0 Å². The minimum absolute atomic E-state index is 0.814. The number of aryl methyl sites for hydroxylation is 2. The van der Waals surface area contributed by atoms with Crippen molar-refractivity contribution in [3.8, 4) is 11.4 Å². The molecule has 0 radical (unpaired) electrons. The fourth-order valence-electron chi connectivity index (χ4n) is 3.54. The molecule has 0 saturated carbocycles. The molecule has 27 heavy (non-hydrogen) atoms. The molecular weight excluding hydrogens is 332 g/mol. The third-order valence-corrected chi connectivity index (χ3v) is 5.31. The zero-order valence-electron chi connectivity index (χ0n) is 16.1. The fourth-order valence-corrected chi connectivity index (χ4v) is 3.54. The van der Waals surface area contributed by atoms with Gasteiger partial charge in [-0.1, -0.05) is 36.4 Å². The van der Waals surface area contributed by atoms with Crippen molar-refractivity contribution in [1.82, 2.24) is 14.9 Å². The van der Waals surface area contributed by atoms with Crippen LogP contribution in [-0.2, 0) is 6.54 Å². The number of rotatable bonds is 4. The van der Waals surface area contributed by atoms with Crippen LogP contribution in [0, 0.1) is 13.8 Å². The minimum atomic E-state index is 0.814. The van der Waals surface area contributed by atoms with Crippen molar-refractivity contribution in [1.29, 1.82) is 0 Å². The van der Waals surface area contributed by atoms with Crippen molar-refractivity contribution < 1.29 is 0 Å². The van der Waals surface area contributed by atoms with Crippen LogP contribution in [0.4, 0.5) is 5.69 Å². The Morgan fingerprint density at radius 1 is 0.889 bits per heavy atom. The van der Waals surface area contributed by atoms with E-state index < -0.39 is 0 Å². The van der Waals surface area contributed by atoms with E-state index in [9.17, 15) is 0 Å². The topological polar surface area (TPSA) is 32.3 Å². The van der Waals surface area contributed by atoms with Gasteiger partial charge in [0.05, 0.1) is 0 Å². The number of anilines is 1. The van der Waals surface area contributed by atoms with Crippen molar-refractivity contribution in [2.45, 2.75) is 20.4 Å². The predicted molar refractivity (Wildman–Crippen MR) is 111 cm³/mol. The average molecular weight is 358 g/mol. The first-order chi connectivity index (χ1) is 13.2. The molecule has 4 rings (SSSR count). The maximum Gasteiger partial charge on any atom is 0.159 e. The van der Waals surface area contributed by atoms with Crippen LogP contribution < -0.4 is 4.90 Å². The highest BCUT2D eigenvalue weighted by Crippen LogP contribution is 2.20. The Bertz CT molecular complexity index is 899. The summed E-state index contributed by atoms with van der Waals surface area (Å²) >= 11 is 0. The molecule has 1 fully saturated rings. The van der Waals surface area contributed by atoms with E-state index in [0.717, 1.165) is 55.4 Å².